The first-order chi connectivity index (χ1) is 8.02. The number of carbonyl (C=O) groups is 1. The molecule has 4 heteroatoms. The lowest BCUT2D eigenvalue weighted by atomic mass is 9.91. The lowest BCUT2D eigenvalue weighted by Gasteiger charge is -2.16. The molecule has 0 saturated heterocycles. The van der Waals surface area contributed by atoms with Crippen molar-refractivity contribution in [1.29, 1.82) is 0 Å². The molecule has 1 amide bonds. The van der Waals surface area contributed by atoms with Gasteiger partial charge in [-0.25, -0.2) is 5.84 Å². The van der Waals surface area contributed by atoms with Crippen LogP contribution in [-0.4, -0.2) is 11.0 Å². The van der Waals surface area contributed by atoms with Crippen LogP contribution in [0.3, 0.4) is 0 Å². The summed E-state index contributed by atoms with van der Waals surface area (Å²) >= 11 is 0. The first kappa shape index (κ1) is 13.5. The molecule has 0 aliphatic carbocycles. The van der Waals surface area contributed by atoms with Crippen molar-refractivity contribution >= 4 is 5.91 Å². The minimum absolute atomic E-state index is 0.0767. The maximum absolute atomic E-state index is 11.3. The van der Waals surface area contributed by atoms with Crippen LogP contribution in [0.15, 0.2) is 24.3 Å². The molecule has 4 nitrogen and oxygen atoms in total. The summed E-state index contributed by atoms with van der Waals surface area (Å²) in [6.45, 7) is 3.97. The van der Waals surface area contributed by atoms with Gasteiger partial charge in [0.05, 0.1) is 0 Å². The summed E-state index contributed by atoms with van der Waals surface area (Å²) < 4.78 is 0. The van der Waals surface area contributed by atoms with Gasteiger partial charge in [0.1, 0.15) is 5.75 Å². The SMILES string of the molecule is C[C@@H](Cc1ccc(O)cc1)C[C@H](C)C(=O)NN. The fourth-order valence-electron chi connectivity index (χ4n) is 1.97. The minimum atomic E-state index is -0.123. The number of phenols is 1. The van der Waals surface area contributed by atoms with Crippen molar-refractivity contribution in [2.24, 2.45) is 17.7 Å². The number of hydrogen-bond donors (Lipinski definition) is 3. The lowest BCUT2D eigenvalue weighted by Crippen LogP contribution is -2.35. The molecule has 1 aromatic rings. The number of nitrogens with one attached hydrogen (secondary N) is 1. The summed E-state index contributed by atoms with van der Waals surface area (Å²) in [6, 6.07) is 7.16. The first-order valence-electron chi connectivity index (χ1n) is 5.81. The van der Waals surface area contributed by atoms with Crippen molar-refractivity contribution in [1.82, 2.24) is 5.43 Å². The molecule has 0 aromatic heterocycles. The van der Waals surface area contributed by atoms with E-state index in [2.05, 4.69) is 12.3 Å². The minimum Gasteiger partial charge on any atom is -0.508 e. The van der Waals surface area contributed by atoms with Gasteiger partial charge in [-0.2, -0.15) is 0 Å². The van der Waals surface area contributed by atoms with E-state index < -0.39 is 0 Å². The van der Waals surface area contributed by atoms with Gasteiger partial charge in [-0.05, 0) is 36.5 Å². The Morgan fingerprint density at radius 2 is 1.94 bits per heavy atom. The number of aromatic hydroxyl groups is 1. The lowest BCUT2D eigenvalue weighted by molar-refractivity contribution is -0.125. The van der Waals surface area contributed by atoms with E-state index in [0.717, 1.165) is 18.4 Å². The topological polar surface area (TPSA) is 75.3 Å². The highest BCUT2D eigenvalue weighted by Gasteiger charge is 2.15. The molecule has 0 radical (unpaired) electrons. The molecule has 0 bridgehead atoms. The molecule has 4 N–H and O–H groups in total. The number of hydrogen-bond acceptors (Lipinski definition) is 3. The van der Waals surface area contributed by atoms with Crippen LogP contribution in [0.2, 0.25) is 0 Å². The number of phenolic OH excluding ortho intramolecular Hbond substituents is 1. The summed E-state index contributed by atoms with van der Waals surface area (Å²) in [7, 11) is 0. The van der Waals surface area contributed by atoms with E-state index in [0.29, 0.717) is 5.92 Å². The van der Waals surface area contributed by atoms with E-state index >= 15 is 0 Å². The standard InChI is InChI=1S/C13H20N2O2/c1-9(7-10(2)13(17)15-14)8-11-3-5-12(16)6-4-11/h3-6,9-10,16H,7-8,14H2,1-2H3,(H,15,17)/t9-,10+/m1/s1. The summed E-state index contributed by atoms with van der Waals surface area (Å²) in [5, 5.41) is 9.17. The van der Waals surface area contributed by atoms with E-state index in [4.69, 9.17) is 5.84 Å². The van der Waals surface area contributed by atoms with Gasteiger partial charge in [0.15, 0.2) is 0 Å². The Kier molecular flexibility index (Phi) is 4.97. The fraction of sp³-hybridized carbons (Fsp3) is 0.462. The van der Waals surface area contributed by atoms with Gasteiger partial charge in [0, 0.05) is 5.92 Å². The number of hydrazine groups is 1. The van der Waals surface area contributed by atoms with Crippen molar-refractivity contribution in [3.63, 3.8) is 0 Å². The van der Waals surface area contributed by atoms with E-state index in [9.17, 15) is 9.90 Å². The number of rotatable bonds is 5. The Bertz CT molecular complexity index is 362. The molecule has 94 valence electrons. The zero-order chi connectivity index (χ0) is 12.8. The number of carbonyl (C=O) groups excluding carboxylic acids is 1. The second-order valence-corrected chi connectivity index (χ2v) is 4.62. The van der Waals surface area contributed by atoms with Crippen LogP contribution in [0, 0.1) is 11.8 Å². The molecule has 2 atom stereocenters. The van der Waals surface area contributed by atoms with Crippen molar-refractivity contribution in [2.75, 3.05) is 0 Å². The highest BCUT2D eigenvalue weighted by Crippen LogP contribution is 2.18. The van der Waals surface area contributed by atoms with Gasteiger partial charge in [-0.15, -0.1) is 0 Å². The summed E-state index contributed by atoms with van der Waals surface area (Å²) in [5.41, 5.74) is 3.33. The van der Waals surface area contributed by atoms with Gasteiger partial charge < -0.3 is 5.11 Å². The third kappa shape index (κ3) is 4.44. The van der Waals surface area contributed by atoms with E-state index in [1.54, 1.807) is 12.1 Å². The quantitative estimate of drug-likeness (QED) is 0.413. The largest absolute Gasteiger partial charge is 0.508 e. The van der Waals surface area contributed by atoms with Crippen LogP contribution in [0.4, 0.5) is 0 Å². The second kappa shape index (κ2) is 6.25. The van der Waals surface area contributed by atoms with Crippen LogP contribution in [0.25, 0.3) is 0 Å². The van der Waals surface area contributed by atoms with Crippen molar-refractivity contribution < 1.29 is 9.90 Å². The van der Waals surface area contributed by atoms with Crippen LogP contribution in [-0.2, 0) is 11.2 Å². The fourth-order valence-corrected chi connectivity index (χ4v) is 1.97. The third-order valence-corrected chi connectivity index (χ3v) is 2.87. The molecule has 1 aromatic carbocycles. The third-order valence-electron chi connectivity index (χ3n) is 2.87. The molecule has 0 aliphatic heterocycles. The number of nitrogens with two attached hydrogens (primary N) is 1. The van der Waals surface area contributed by atoms with Gasteiger partial charge in [-0.3, -0.25) is 10.2 Å². The zero-order valence-corrected chi connectivity index (χ0v) is 10.3. The molecule has 17 heavy (non-hydrogen) atoms. The highest BCUT2D eigenvalue weighted by molar-refractivity contribution is 5.77. The van der Waals surface area contributed by atoms with Crippen LogP contribution in [0.1, 0.15) is 25.8 Å². The Morgan fingerprint density at radius 3 is 2.47 bits per heavy atom. The van der Waals surface area contributed by atoms with E-state index in [-0.39, 0.29) is 17.6 Å². The molecule has 0 fully saturated rings. The van der Waals surface area contributed by atoms with Gasteiger partial charge in [0.2, 0.25) is 5.91 Å². The normalized spacial score (nSPS) is 14.1. The molecule has 0 unspecified atom stereocenters. The van der Waals surface area contributed by atoms with Crippen molar-refractivity contribution in [3.8, 4) is 5.75 Å². The van der Waals surface area contributed by atoms with Crippen LogP contribution in [0.5, 0.6) is 5.75 Å². The molecule has 0 heterocycles. The molecular formula is C13H20N2O2. The van der Waals surface area contributed by atoms with Gasteiger partial charge >= 0.3 is 0 Å². The molecular weight excluding hydrogens is 216 g/mol. The van der Waals surface area contributed by atoms with Crippen molar-refractivity contribution in [3.05, 3.63) is 29.8 Å². The van der Waals surface area contributed by atoms with E-state index in [1.165, 1.54) is 0 Å². The Hall–Kier alpha value is -1.55. The molecule has 0 saturated carbocycles. The van der Waals surface area contributed by atoms with Gasteiger partial charge in [-0.1, -0.05) is 26.0 Å². The smallest absolute Gasteiger partial charge is 0.236 e. The average molecular weight is 236 g/mol. The Morgan fingerprint density at radius 1 is 1.35 bits per heavy atom. The number of amides is 1. The number of benzene rings is 1. The monoisotopic (exact) mass is 236 g/mol. The molecule has 0 aliphatic rings. The van der Waals surface area contributed by atoms with Crippen molar-refractivity contribution in [2.45, 2.75) is 26.7 Å². The molecule has 0 spiro atoms. The maximum Gasteiger partial charge on any atom is 0.236 e. The summed E-state index contributed by atoms with van der Waals surface area (Å²) in [4.78, 5) is 11.3. The predicted molar refractivity (Wildman–Crippen MR) is 67.1 cm³/mol. The average Bonchev–Trinajstić information content (AvgIpc) is 2.30. The Balaban J connectivity index is 2.46. The van der Waals surface area contributed by atoms with Crippen LogP contribution >= 0.6 is 0 Å². The molecule has 1 rings (SSSR count). The Labute approximate surface area is 102 Å². The van der Waals surface area contributed by atoms with Crippen LogP contribution < -0.4 is 11.3 Å². The highest BCUT2D eigenvalue weighted by atomic mass is 16.3. The zero-order valence-electron chi connectivity index (χ0n) is 10.3. The second-order valence-electron chi connectivity index (χ2n) is 4.62. The van der Waals surface area contributed by atoms with E-state index in [1.807, 2.05) is 19.1 Å². The predicted octanol–water partition coefficient (Wildman–Crippen LogP) is 1.59. The first-order valence-corrected chi connectivity index (χ1v) is 5.81. The maximum atomic E-state index is 11.3. The summed E-state index contributed by atoms with van der Waals surface area (Å²) in [5.74, 6) is 5.56. The van der Waals surface area contributed by atoms with Gasteiger partial charge in [0.25, 0.3) is 0 Å². The summed E-state index contributed by atoms with van der Waals surface area (Å²) in [6.07, 6.45) is 1.69.